The number of carboxylic acid groups (broad SMARTS) is 2. The number of rotatable bonds is 23. The van der Waals surface area contributed by atoms with Crippen LogP contribution in [0, 0.1) is 17.8 Å². The molecule has 0 heterocycles. The van der Waals surface area contributed by atoms with E-state index in [1.54, 1.807) is 26.2 Å². The fourth-order valence-corrected chi connectivity index (χ4v) is 5.57. The molecule has 0 fully saturated rings. The Morgan fingerprint density at radius 1 is 0.833 bits per heavy atom. The molecule has 0 aliphatic heterocycles. The van der Waals surface area contributed by atoms with Crippen LogP contribution in [0.15, 0.2) is 54.1 Å². The van der Waals surface area contributed by atoms with Gasteiger partial charge in [0.15, 0.2) is 0 Å². The topological polar surface area (TPSA) is 221 Å². The number of benzene rings is 1. The molecule has 15 heteroatoms. The van der Waals surface area contributed by atoms with Crippen molar-refractivity contribution in [1.82, 2.24) is 26.2 Å². The number of ether oxygens (including phenoxy) is 1. The van der Waals surface area contributed by atoms with Gasteiger partial charge in [0.1, 0.15) is 18.1 Å². The highest BCUT2D eigenvalue weighted by atomic mass is 16.5. The fraction of sp³-hybridized carbons (Fsp3) is 0.564. The summed E-state index contributed by atoms with van der Waals surface area (Å²) in [7, 11) is 2.99. The van der Waals surface area contributed by atoms with Gasteiger partial charge in [-0.15, -0.1) is 0 Å². The number of nitrogens with zero attached hydrogens (tertiary/aromatic N) is 1. The zero-order valence-electron chi connectivity index (χ0n) is 32.9. The van der Waals surface area contributed by atoms with Gasteiger partial charge in [-0.2, -0.15) is 0 Å². The SMILES string of the molecule is CO[C@@H](Cc1ccccc1)[C@@H](C)/C=C(C)/C=C/[C@H](NC(C)=O)[C@H](C)C(=O)N[C@H](CCC(=O)N(C)CC(=O)N[C@H](C)C(=O)N[C@@H](CC(C)C)C(=O)O)C(=O)O. The summed E-state index contributed by atoms with van der Waals surface area (Å²) < 4.78 is 5.74. The lowest BCUT2D eigenvalue weighted by Crippen LogP contribution is -2.52. The van der Waals surface area contributed by atoms with Gasteiger partial charge < -0.3 is 41.1 Å². The second-order valence-electron chi connectivity index (χ2n) is 14.1. The molecular weight excluding hydrogens is 698 g/mol. The predicted octanol–water partition coefficient (Wildman–Crippen LogP) is 2.45. The number of allylic oxidation sites excluding steroid dienone is 2. The number of carbonyl (C=O) groups is 7. The van der Waals surface area contributed by atoms with Gasteiger partial charge in [-0.05, 0) is 44.6 Å². The standard InChI is InChI=1S/C39H59N5O10/c1-23(2)19-32(39(52)53)43-37(49)27(6)40-34(46)22-44(8)35(47)18-17-31(38(50)51)42-36(48)26(5)30(41-28(7)45)16-15-24(3)20-25(4)33(54-9)21-29-13-11-10-12-14-29/h10-16,20,23,25-27,30-33H,17-19,21-22H2,1-9H3,(H,40,46)(H,41,45)(H,42,48)(H,43,49)(H,50,51)(H,52,53)/b16-15+,24-20+/t25-,26-,27+,30-,31+,32-,33-/m0/s1. The molecule has 0 radical (unpaired) electrons. The van der Waals surface area contributed by atoms with E-state index in [0.717, 1.165) is 22.5 Å². The van der Waals surface area contributed by atoms with Crippen molar-refractivity contribution in [3.63, 3.8) is 0 Å². The van der Waals surface area contributed by atoms with Crippen LogP contribution in [0.3, 0.4) is 0 Å². The molecule has 0 unspecified atom stereocenters. The zero-order chi connectivity index (χ0) is 41.1. The van der Waals surface area contributed by atoms with Crippen molar-refractivity contribution in [1.29, 1.82) is 0 Å². The first-order chi connectivity index (χ1) is 25.2. The van der Waals surface area contributed by atoms with Gasteiger partial charge in [0, 0.05) is 33.4 Å². The Bertz CT molecular complexity index is 1500. The number of hydrogen-bond donors (Lipinski definition) is 6. The van der Waals surface area contributed by atoms with Gasteiger partial charge in [0.25, 0.3) is 0 Å². The first-order valence-electron chi connectivity index (χ1n) is 18.1. The molecule has 0 bridgehead atoms. The molecule has 1 aromatic carbocycles. The summed E-state index contributed by atoms with van der Waals surface area (Å²) in [4.78, 5) is 87.7. The van der Waals surface area contributed by atoms with E-state index in [2.05, 4.69) is 21.3 Å². The average molecular weight is 758 g/mol. The van der Waals surface area contributed by atoms with Crippen molar-refractivity contribution in [2.24, 2.45) is 17.8 Å². The van der Waals surface area contributed by atoms with Gasteiger partial charge in [0.05, 0.1) is 24.6 Å². The fourth-order valence-electron chi connectivity index (χ4n) is 5.57. The largest absolute Gasteiger partial charge is 0.480 e. The molecule has 1 rings (SSSR count). The molecule has 0 saturated carbocycles. The van der Waals surface area contributed by atoms with Crippen LogP contribution in [0.5, 0.6) is 0 Å². The number of hydrogen-bond acceptors (Lipinski definition) is 8. The lowest BCUT2D eigenvalue weighted by Gasteiger charge is -2.24. The van der Waals surface area contributed by atoms with Crippen LogP contribution in [0.25, 0.3) is 0 Å². The summed E-state index contributed by atoms with van der Waals surface area (Å²) in [5.74, 6) is -6.45. The van der Waals surface area contributed by atoms with Crippen LogP contribution in [-0.2, 0) is 44.7 Å². The minimum atomic E-state index is -1.44. The van der Waals surface area contributed by atoms with Gasteiger partial charge in [-0.1, -0.05) is 81.8 Å². The summed E-state index contributed by atoms with van der Waals surface area (Å²) in [5, 5.41) is 29.2. The molecule has 0 spiro atoms. The minimum absolute atomic E-state index is 0.00330. The van der Waals surface area contributed by atoms with E-state index < -0.39 is 72.2 Å². The van der Waals surface area contributed by atoms with E-state index in [1.807, 2.05) is 64.1 Å². The van der Waals surface area contributed by atoms with Crippen LogP contribution < -0.4 is 21.3 Å². The van der Waals surface area contributed by atoms with Crippen molar-refractivity contribution >= 4 is 41.5 Å². The maximum Gasteiger partial charge on any atom is 0.326 e. The maximum atomic E-state index is 13.2. The average Bonchev–Trinajstić information content (AvgIpc) is 3.09. The Kier molecular flexibility index (Phi) is 20.5. The van der Waals surface area contributed by atoms with Crippen LogP contribution in [0.1, 0.15) is 73.3 Å². The molecule has 0 aliphatic rings. The molecular formula is C39H59N5O10. The zero-order valence-corrected chi connectivity index (χ0v) is 32.9. The van der Waals surface area contributed by atoms with Crippen molar-refractivity contribution in [3.05, 3.63) is 59.7 Å². The van der Waals surface area contributed by atoms with Gasteiger partial charge in [-0.3, -0.25) is 24.0 Å². The molecule has 15 nitrogen and oxygen atoms in total. The lowest BCUT2D eigenvalue weighted by atomic mass is 9.94. The third-order valence-electron chi connectivity index (χ3n) is 8.74. The molecule has 0 aromatic heterocycles. The summed E-state index contributed by atoms with van der Waals surface area (Å²) >= 11 is 0. The number of carboxylic acids is 2. The number of methoxy groups -OCH3 is 1. The quantitative estimate of drug-likeness (QED) is 0.0896. The van der Waals surface area contributed by atoms with Crippen molar-refractivity contribution in [2.75, 3.05) is 20.7 Å². The molecule has 0 saturated heterocycles. The number of nitrogens with one attached hydrogen (secondary N) is 4. The number of likely N-dealkylation sites (N-methyl/N-ethyl adjacent to an activating group) is 1. The Labute approximate surface area is 318 Å². The summed E-state index contributed by atoms with van der Waals surface area (Å²) in [6.45, 7) is 11.3. The number of aliphatic carboxylic acids is 2. The van der Waals surface area contributed by atoms with E-state index in [9.17, 15) is 43.8 Å². The van der Waals surface area contributed by atoms with Crippen molar-refractivity contribution in [2.45, 2.75) is 104 Å². The van der Waals surface area contributed by atoms with Gasteiger partial charge in [0.2, 0.25) is 29.5 Å². The first-order valence-corrected chi connectivity index (χ1v) is 18.1. The summed E-state index contributed by atoms with van der Waals surface area (Å²) in [6, 6.07) is 5.54. The second-order valence-corrected chi connectivity index (χ2v) is 14.1. The Morgan fingerprint density at radius 3 is 1.96 bits per heavy atom. The molecule has 7 atom stereocenters. The van der Waals surface area contributed by atoms with E-state index in [-0.39, 0.29) is 43.1 Å². The van der Waals surface area contributed by atoms with Crippen LogP contribution in [0.4, 0.5) is 0 Å². The predicted molar refractivity (Wildman–Crippen MR) is 203 cm³/mol. The number of amides is 5. The van der Waals surface area contributed by atoms with E-state index in [4.69, 9.17) is 4.74 Å². The Hall–Kier alpha value is -5.05. The molecule has 5 amide bonds. The van der Waals surface area contributed by atoms with Crippen molar-refractivity contribution < 1.29 is 48.5 Å². The molecule has 6 N–H and O–H groups in total. The van der Waals surface area contributed by atoms with Crippen LogP contribution in [-0.4, -0.2) is 108 Å². The third-order valence-corrected chi connectivity index (χ3v) is 8.74. The van der Waals surface area contributed by atoms with Crippen molar-refractivity contribution in [3.8, 4) is 0 Å². The highest BCUT2D eigenvalue weighted by Crippen LogP contribution is 2.18. The van der Waals surface area contributed by atoms with E-state index >= 15 is 0 Å². The highest BCUT2D eigenvalue weighted by molar-refractivity contribution is 5.92. The van der Waals surface area contributed by atoms with Crippen LogP contribution in [0.2, 0.25) is 0 Å². The third kappa shape index (κ3) is 17.6. The normalized spacial score (nSPS) is 15.6. The molecule has 300 valence electrons. The highest BCUT2D eigenvalue weighted by Gasteiger charge is 2.29. The first kappa shape index (κ1) is 47.0. The molecule has 54 heavy (non-hydrogen) atoms. The Morgan fingerprint density at radius 2 is 1.43 bits per heavy atom. The lowest BCUT2D eigenvalue weighted by molar-refractivity contribution is -0.143. The maximum absolute atomic E-state index is 13.2. The van der Waals surface area contributed by atoms with Gasteiger partial charge >= 0.3 is 11.9 Å². The van der Waals surface area contributed by atoms with Crippen LogP contribution >= 0.6 is 0 Å². The summed E-state index contributed by atoms with van der Waals surface area (Å²) in [5.41, 5.74) is 2.01. The minimum Gasteiger partial charge on any atom is -0.480 e. The van der Waals surface area contributed by atoms with E-state index in [0.29, 0.717) is 0 Å². The number of carbonyl (C=O) groups excluding carboxylic acids is 5. The summed E-state index contributed by atoms with van der Waals surface area (Å²) in [6.07, 6.45) is 5.70. The molecule has 0 aliphatic carbocycles. The Balaban J connectivity index is 2.83. The second kappa shape index (κ2) is 23.6. The van der Waals surface area contributed by atoms with Gasteiger partial charge in [-0.25, -0.2) is 9.59 Å². The smallest absolute Gasteiger partial charge is 0.326 e. The monoisotopic (exact) mass is 757 g/mol. The van der Waals surface area contributed by atoms with E-state index in [1.165, 1.54) is 20.9 Å². The molecule has 1 aromatic rings.